The number of halogens is 3. The summed E-state index contributed by atoms with van der Waals surface area (Å²) in [6, 6.07) is 15.2. The summed E-state index contributed by atoms with van der Waals surface area (Å²) in [4.78, 5) is 32.8. The standard InChI is InChI=1S/C31H31F3N6O3/c32-31(33,34)25-10-8-22(9-11-25)26-21-40-28(41)20-27(39(30(40)37-26)14-3-1-2-12-35)23-4-6-24(7-5-23)29(42)36-13-15-38-16-18-43-19-17-38/h4-11,20-21H,1-3,13-19H2,(H,36,42). The van der Waals surface area contributed by atoms with E-state index in [1.807, 2.05) is 4.57 Å². The van der Waals surface area contributed by atoms with E-state index in [1.54, 1.807) is 24.3 Å². The molecule has 43 heavy (non-hydrogen) atoms. The number of alkyl halides is 3. The molecule has 1 fully saturated rings. The van der Waals surface area contributed by atoms with Crippen LogP contribution in [0.5, 0.6) is 0 Å². The van der Waals surface area contributed by atoms with Crippen LogP contribution in [0.4, 0.5) is 13.2 Å². The van der Waals surface area contributed by atoms with Crippen molar-refractivity contribution in [3.05, 3.63) is 82.3 Å². The third kappa shape index (κ3) is 7.13. The van der Waals surface area contributed by atoms with Crippen LogP contribution >= 0.6 is 0 Å². The molecule has 224 valence electrons. The Hall–Kier alpha value is -4.47. The number of hydrogen-bond acceptors (Lipinski definition) is 6. The molecular formula is C31H31F3N6O3. The molecule has 0 aliphatic carbocycles. The summed E-state index contributed by atoms with van der Waals surface area (Å²) in [5.41, 5.74) is 1.44. The van der Waals surface area contributed by atoms with Crippen molar-refractivity contribution < 1.29 is 22.7 Å². The molecule has 12 heteroatoms. The topological polar surface area (TPSA) is 105 Å². The molecule has 9 nitrogen and oxygen atoms in total. The first-order valence-corrected chi connectivity index (χ1v) is 14.1. The number of carbonyl (C=O) groups excluding carboxylic acids is 1. The number of aryl methyl sites for hydroxylation is 1. The van der Waals surface area contributed by atoms with Gasteiger partial charge in [-0.05, 0) is 42.7 Å². The SMILES string of the molecule is N#CCCCCn1c(-c2ccc(C(=O)NCCN3CCOCC3)cc2)cc(=O)n2cc(-c3ccc(C(F)(F)F)cc3)nc12. The summed E-state index contributed by atoms with van der Waals surface area (Å²) < 4.78 is 47.8. The van der Waals surface area contributed by atoms with Crippen LogP contribution in [0.1, 0.15) is 35.2 Å². The van der Waals surface area contributed by atoms with Crippen molar-refractivity contribution in [3.63, 3.8) is 0 Å². The van der Waals surface area contributed by atoms with E-state index >= 15 is 0 Å². The number of nitrogens with zero attached hydrogens (tertiary/aromatic N) is 5. The summed E-state index contributed by atoms with van der Waals surface area (Å²) in [7, 11) is 0. The molecule has 1 amide bonds. The number of rotatable bonds is 10. The number of aromatic nitrogens is 3. The molecule has 2 aromatic carbocycles. The fourth-order valence-electron chi connectivity index (χ4n) is 5.04. The smallest absolute Gasteiger partial charge is 0.379 e. The van der Waals surface area contributed by atoms with Gasteiger partial charge in [-0.3, -0.25) is 18.9 Å². The number of fused-ring (bicyclic) bond motifs is 1. The number of ether oxygens (including phenoxy) is 1. The molecule has 0 bridgehead atoms. The minimum atomic E-state index is -4.46. The first-order valence-electron chi connectivity index (χ1n) is 14.1. The van der Waals surface area contributed by atoms with Crippen LogP contribution in [-0.2, 0) is 17.5 Å². The molecule has 0 unspecified atom stereocenters. The Morgan fingerprint density at radius 2 is 1.70 bits per heavy atom. The summed E-state index contributed by atoms with van der Waals surface area (Å²) in [6.07, 6.45) is -1.28. The Kier molecular flexibility index (Phi) is 9.23. The minimum absolute atomic E-state index is 0.196. The fraction of sp³-hybridized carbons (Fsp3) is 0.355. The van der Waals surface area contributed by atoms with E-state index in [0.29, 0.717) is 79.4 Å². The number of nitrogens with one attached hydrogen (secondary N) is 1. The van der Waals surface area contributed by atoms with Crippen LogP contribution < -0.4 is 10.9 Å². The molecule has 3 heterocycles. The van der Waals surface area contributed by atoms with Crippen molar-refractivity contribution >= 4 is 11.7 Å². The first kappa shape index (κ1) is 30.0. The lowest BCUT2D eigenvalue weighted by Gasteiger charge is -2.26. The van der Waals surface area contributed by atoms with Crippen LogP contribution in [-0.4, -0.2) is 64.2 Å². The maximum absolute atomic E-state index is 13.2. The highest BCUT2D eigenvalue weighted by atomic mass is 19.4. The van der Waals surface area contributed by atoms with E-state index < -0.39 is 11.7 Å². The van der Waals surface area contributed by atoms with Crippen LogP contribution in [0.2, 0.25) is 0 Å². The van der Waals surface area contributed by atoms with E-state index in [-0.39, 0.29) is 11.5 Å². The number of hydrogen-bond donors (Lipinski definition) is 1. The van der Waals surface area contributed by atoms with Gasteiger partial charge in [0.25, 0.3) is 11.5 Å². The molecular weight excluding hydrogens is 561 g/mol. The van der Waals surface area contributed by atoms with E-state index in [2.05, 4.69) is 21.3 Å². The monoisotopic (exact) mass is 592 g/mol. The van der Waals surface area contributed by atoms with Gasteiger partial charge in [-0.1, -0.05) is 24.3 Å². The Labute approximate surface area is 246 Å². The second-order valence-corrected chi connectivity index (χ2v) is 10.3. The zero-order valence-corrected chi connectivity index (χ0v) is 23.4. The van der Waals surface area contributed by atoms with E-state index in [0.717, 1.165) is 31.8 Å². The van der Waals surface area contributed by atoms with Gasteiger partial charge in [0.15, 0.2) is 0 Å². The Balaban J connectivity index is 1.41. The number of morpholine rings is 1. The number of imidazole rings is 1. The highest BCUT2D eigenvalue weighted by Crippen LogP contribution is 2.31. The number of amides is 1. The minimum Gasteiger partial charge on any atom is -0.379 e. The molecule has 0 saturated carbocycles. The molecule has 1 N–H and O–H groups in total. The normalized spacial score (nSPS) is 14.1. The fourth-order valence-corrected chi connectivity index (χ4v) is 5.04. The van der Waals surface area contributed by atoms with Gasteiger partial charge >= 0.3 is 6.18 Å². The van der Waals surface area contributed by atoms with Crippen molar-refractivity contribution in [3.8, 4) is 28.6 Å². The molecule has 0 radical (unpaired) electrons. The summed E-state index contributed by atoms with van der Waals surface area (Å²) in [5.74, 6) is 0.137. The highest BCUT2D eigenvalue weighted by molar-refractivity contribution is 5.94. The van der Waals surface area contributed by atoms with Gasteiger partial charge in [-0.25, -0.2) is 4.98 Å². The highest BCUT2D eigenvalue weighted by Gasteiger charge is 2.30. The summed E-state index contributed by atoms with van der Waals surface area (Å²) in [5, 5.41) is 11.9. The molecule has 1 aliphatic heterocycles. The largest absolute Gasteiger partial charge is 0.416 e. The summed E-state index contributed by atoms with van der Waals surface area (Å²) >= 11 is 0. The number of nitriles is 1. The molecule has 1 aliphatic rings. The van der Waals surface area contributed by atoms with Crippen molar-refractivity contribution in [2.24, 2.45) is 0 Å². The van der Waals surface area contributed by atoms with Crippen molar-refractivity contribution in [1.82, 2.24) is 24.2 Å². The van der Waals surface area contributed by atoms with Crippen molar-refractivity contribution in [2.45, 2.75) is 32.0 Å². The lowest BCUT2D eigenvalue weighted by atomic mass is 10.1. The second kappa shape index (κ2) is 13.2. The van der Waals surface area contributed by atoms with Gasteiger partial charge in [-0.15, -0.1) is 0 Å². The van der Waals surface area contributed by atoms with Gasteiger partial charge in [0.2, 0.25) is 5.78 Å². The lowest BCUT2D eigenvalue weighted by Crippen LogP contribution is -2.41. The quantitative estimate of drug-likeness (QED) is 0.270. The zero-order valence-electron chi connectivity index (χ0n) is 23.4. The van der Waals surface area contributed by atoms with Crippen LogP contribution in [0.25, 0.3) is 28.3 Å². The Bertz CT molecular complexity index is 1670. The third-order valence-corrected chi connectivity index (χ3v) is 7.41. The zero-order chi connectivity index (χ0) is 30.4. The van der Waals surface area contributed by atoms with Gasteiger partial charge in [0.05, 0.1) is 36.2 Å². The van der Waals surface area contributed by atoms with E-state index in [1.165, 1.54) is 28.8 Å². The van der Waals surface area contributed by atoms with Crippen LogP contribution in [0.3, 0.4) is 0 Å². The molecule has 4 aromatic rings. The lowest BCUT2D eigenvalue weighted by molar-refractivity contribution is -0.137. The average molecular weight is 593 g/mol. The van der Waals surface area contributed by atoms with Gasteiger partial charge in [0, 0.05) is 62.5 Å². The Morgan fingerprint density at radius 1 is 1.00 bits per heavy atom. The number of unbranched alkanes of at least 4 members (excludes halogenated alkanes) is 2. The van der Waals surface area contributed by atoms with Gasteiger partial charge in [-0.2, -0.15) is 18.4 Å². The Morgan fingerprint density at radius 3 is 2.37 bits per heavy atom. The van der Waals surface area contributed by atoms with Gasteiger partial charge in [0.1, 0.15) is 0 Å². The maximum Gasteiger partial charge on any atom is 0.416 e. The number of carbonyl (C=O) groups is 1. The molecule has 0 atom stereocenters. The van der Waals surface area contributed by atoms with E-state index in [9.17, 15) is 22.8 Å². The van der Waals surface area contributed by atoms with Crippen LogP contribution in [0, 0.1) is 11.3 Å². The third-order valence-electron chi connectivity index (χ3n) is 7.41. The molecule has 0 spiro atoms. The predicted octanol–water partition coefficient (Wildman–Crippen LogP) is 4.60. The number of benzene rings is 2. The van der Waals surface area contributed by atoms with Gasteiger partial charge < -0.3 is 14.6 Å². The molecule has 2 aromatic heterocycles. The summed E-state index contributed by atoms with van der Waals surface area (Å²) in [6.45, 7) is 4.78. The maximum atomic E-state index is 13.2. The van der Waals surface area contributed by atoms with Crippen molar-refractivity contribution in [2.75, 3.05) is 39.4 Å². The van der Waals surface area contributed by atoms with E-state index in [4.69, 9.17) is 10.00 Å². The van der Waals surface area contributed by atoms with Crippen LogP contribution in [0.15, 0.2) is 65.6 Å². The first-order chi connectivity index (χ1) is 20.7. The molecule has 1 saturated heterocycles. The second-order valence-electron chi connectivity index (χ2n) is 10.3. The van der Waals surface area contributed by atoms with Crippen molar-refractivity contribution in [1.29, 1.82) is 5.26 Å². The molecule has 5 rings (SSSR count). The average Bonchev–Trinajstić information content (AvgIpc) is 3.47. The predicted molar refractivity (Wildman–Crippen MR) is 154 cm³/mol.